The maximum atomic E-state index is 11.9. The molecule has 0 unspecified atom stereocenters. The van der Waals surface area contributed by atoms with Gasteiger partial charge in [0.1, 0.15) is 5.76 Å². The first-order chi connectivity index (χ1) is 9.52. The Bertz CT molecular complexity index is 449. The van der Waals surface area contributed by atoms with Gasteiger partial charge < -0.3 is 19.3 Å². The Labute approximate surface area is 118 Å². The molecule has 5 nitrogen and oxygen atoms in total. The van der Waals surface area contributed by atoms with Crippen molar-refractivity contribution < 1.29 is 24.1 Å². The molecule has 112 valence electrons. The minimum Gasteiger partial charge on any atom is -0.512 e. The summed E-state index contributed by atoms with van der Waals surface area (Å²) in [6.45, 7) is 3.33. The molecule has 1 aliphatic heterocycles. The summed E-state index contributed by atoms with van der Waals surface area (Å²) >= 11 is 0. The summed E-state index contributed by atoms with van der Waals surface area (Å²) in [6.07, 6.45) is 3.88. The number of methoxy groups -OCH3 is 1. The Morgan fingerprint density at radius 1 is 1.40 bits per heavy atom. The first-order valence-electron chi connectivity index (χ1n) is 7.30. The van der Waals surface area contributed by atoms with Crippen LogP contribution in [0.15, 0.2) is 11.3 Å². The first-order valence-corrected chi connectivity index (χ1v) is 7.30. The number of fused-ring (bicyclic) bond motifs is 2. The maximum absolute atomic E-state index is 11.9. The van der Waals surface area contributed by atoms with Gasteiger partial charge in [-0.2, -0.15) is 0 Å². The van der Waals surface area contributed by atoms with Gasteiger partial charge in [-0.25, -0.2) is 4.79 Å². The van der Waals surface area contributed by atoms with Gasteiger partial charge in [-0.05, 0) is 25.2 Å². The van der Waals surface area contributed by atoms with Crippen LogP contribution >= 0.6 is 0 Å². The third kappa shape index (κ3) is 1.79. The second-order valence-electron chi connectivity index (χ2n) is 6.25. The van der Waals surface area contributed by atoms with E-state index in [-0.39, 0.29) is 17.1 Å². The molecule has 2 atom stereocenters. The number of ether oxygens (including phenoxy) is 3. The smallest absolute Gasteiger partial charge is 0.337 e. The predicted octanol–water partition coefficient (Wildman–Crippen LogP) is 2.31. The van der Waals surface area contributed by atoms with Crippen molar-refractivity contribution in [1.29, 1.82) is 0 Å². The largest absolute Gasteiger partial charge is 0.512 e. The standard InChI is InChI=1S/C15H22O5/c1-14-9-11(13(17)18-2)12(16)8-10(14)4-3-5-15(14)19-6-7-20-15/h10,16H,3-9H2,1-2H3/t10-,14+/m1/s1. The Morgan fingerprint density at radius 3 is 2.75 bits per heavy atom. The van der Waals surface area contributed by atoms with Crippen LogP contribution in [0.25, 0.3) is 0 Å². The zero-order valence-corrected chi connectivity index (χ0v) is 12.1. The van der Waals surface area contributed by atoms with Gasteiger partial charge in [0.15, 0.2) is 5.79 Å². The maximum Gasteiger partial charge on any atom is 0.337 e. The van der Waals surface area contributed by atoms with Crippen molar-refractivity contribution in [2.24, 2.45) is 11.3 Å². The van der Waals surface area contributed by atoms with E-state index < -0.39 is 11.8 Å². The normalized spacial score (nSPS) is 36.0. The third-order valence-corrected chi connectivity index (χ3v) is 5.35. The third-order valence-electron chi connectivity index (χ3n) is 5.35. The molecule has 2 aliphatic carbocycles. The Balaban J connectivity index is 1.98. The average Bonchev–Trinajstić information content (AvgIpc) is 2.90. The quantitative estimate of drug-likeness (QED) is 0.748. The van der Waals surface area contributed by atoms with Crippen LogP contribution in [-0.2, 0) is 19.0 Å². The summed E-state index contributed by atoms with van der Waals surface area (Å²) in [5.74, 6) is -0.589. The number of esters is 1. The average molecular weight is 282 g/mol. The number of rotatable bonds is 1. The number of hydrogen-bond donors (Lipinski definition) is 1. The number of carbonyl (C=O) groups excluding carboxylic acids is 1. The van der Waals surface area contributed by atoms with E-state index >= 15 is 0 Å². The summed E-state index contributed by atoms with van der Waals surface area (Å²) in [5.41, 5.74) is 0.101. The molecular weight excluding hydrogens is 260 g/mol. The zero-order valence-electron chi connectivity index (χ0n) is 12.1. The monoisotopic (exact) mass is 282 g/mol. The van der Waals surface area contributed by atoms with Crippen molar-refractivity contribution in [3.05, 3.63) is 11.3 Å². The molecule has 0 aromatic carbocycles. The highest BCUT2D eigenvalue weighted by atomic mass is 16.7. The van der Waals surface area contributed by atoms with Crippen LogP contribution in [0.5, 0.6) is 0 Å². The minimum atomic E-state index is -0.601. The van der Waals surface area contributed by atoms with Gasteiger partial charge in [0, 0.05) is 18.3 Å². The van der Waals surface area contributed by atoms with Crippen LogP contribution in [0.3, 0.4) is 0 Å². The molecule has 1 saturated carbocycles. The highest BCUT2D eigenvalue weighted by Crippen LogP contribution is 2.59. The molecule has 0 aromatic rings. The topological polar surface area (TPSA) is 65.0 Å². The lowest BCUT2D eigenvalue weighted by molar-refractivity contribution is -0.270. The van der Waals surface area contributed by atoms with Crippen LogP contribution in [0.1, 0.15) is 39.0 Å². The fraction of sp³-hybridized carbons (Fsp3) is 0.800. The first kappa shape index (κ1) is 13.9. The van der Waals surface area contributed by atoms with E-state index in [2.05, 4.69) is 6.92 Å². The van der Waals surface area contributed by atoms with E-state index in [1.807, 2.05) is 0 Å². The summed E-state index contributed by atoms with van der Waals surface area (Å²) in [7, 11) is 1.34. The number of allylic oxidation sites excluding steroid dienone is 1. The molecule has 3 rings (SSSR count). The molecule has 1 heterocycles. The van der Waals surface area contributed by atoms with Gasteiger partial charge in [-0.1, -0.05) is 6.92 Å². The lowest BCUT2D eigenvalue weighted by atomic mass is 9.57. The van der Waals surface area contributed by atoms with Crippen LogP contribution < -0.4 is 0 Å². The van der Waals surface area contributed by atoms with Gasteiger partial charge in [0.2, 0.25) is 0 Å². The number of carbonyl (C=O) groups is 1. The summed E-state index contributed by atoms with van der Waals surface area (Å²) in [6, 6.07) is 0. The minimum absolute atomic E-state index is 0.175. The van der Waals surface area contributed by atoms with Gasteiger partial charge in [0.25, 0.3) is 0 Å². The lowest BCUT2D eigenvalue weighted by Gasteiger charge is -2.54. The predicted molar refractivity (Wildman–Crippen MR) is 71.0 cm³/mol. The summed E-state index contributed by atoms with van der Waals surface area (Å²) < 4.78 is 16.7. The van der Waals surface area contributed by atoms with Gasteiger partial charge in [-0.15, -0.1) is 0 Å². The van der Waals surface area contributed by atoms with Crippen LogP contribution in [-0.4, -0.2) is 37.2 Å². The van der Waals surface area contributed by atoms with E-state index in [4.69, 9.17) is 14.2 Å². The number of hydrogen-bond acceptors (Lipinski definition) is 5. The molecule has 5 heteroatoms. The van der Waals surface area contributed by atoms with Gasteiger partial charge in [-0.3, -0.25) is 0 Å². The van der Waals surface area contributed by atoms with Crippen LogP contribution in [0, 0.1) is 11.3 Å². The Morgan fingerprint density at radius 2 is 2.10 bits per heavy atom. The molecule has 3 aliphatic rings. The Hall–Kier alpha value is -1.07. The molecular formula is C15H22O5. The summed E-state index contributed by atoms with van der Waals surface area (Å²) in [4.78, 5) is 11.9. The molecule has 0 radical (unpaired) electrons. The van der Waals surface area contributed by atoms with Crippen LogP contribution in [0.4, 0.5) is 0 Å². The van der Waals surface area contributed by atoms with E-state index in [0.29, 0.717) is 31.6 Å². The molecule has 0 amide bonds. The highest BCUT2D eigenvalue weighted by molar-refractivity contribution is 5.89. The van der Waals surface area contributed by atoms with Crippen molar-refractivity contribution in [3.8, 4) is 0 Å². The van der Waals surface area contributed by atoms with E-state index in [9.17, 15) is 9.90 Å². The van der Waals surface area contributed by atoms with Crippen LogP contribution in [0.2, 0.25) is 0 Å². The second-order valence-corrected chi connectivity index (χ2v) is 6.25. The highest BCUT2D eigenvalue weighted by Gasteiger charge is 2.60. The lowest BCUT2D eigenvalue weighted by Crippen LogP contribution is -2.56. The van der Waals surface area contributed by atoms with Crippen molar-refractivity contribution in [2.45, 2.75) is 44.8 Å². The van der Waals surface area contributed by atoms with E-state index in [0.717, 1.165) is 19.3 Å². The fourth-order valence-electron chi connectivity index (χ4n) is 4.17. The van der Waals surface area contributed by atoms with E-state index in [1.165, 1.54) is 7.11 Å². The van der Waals surface area contributed by atoms with Crippen molar-refractivity contribution >= 4 is 5.97 Å². The van der Waals surface area contributed by atoms with Crippen molar-refractivity contribution in [1.82, 2.24) is 0 Å². The molecule has 20 heavy (non-hydrogen) atoms. The van der Waals surface area contributed by atoms with Gasteiger partial charge in [0.05, 0.1) is 25.9 Å². The van der Waals surface area contributed by atoms with Crippen molar-refractivity contribution in [3.63, 3.8) is 0 Å². The zero-order chi connectivity index (χ0) is 14.4. The van der Waals surface area contributed by atoms with Crippen molar-refractivity contribution in [2.75, 3.05) is 20.3 Å². The molecule has 0 bridgehead atoms. The fourth-order valence-corrected chi connectivity index (χ4v) is 4.17. The molecule has 1 saturated heterocycles. The number of aliphatic hydroxyl groups excluding tert-OH is 1. The van der Waals surface area contributed by atoms with E-state index in [1.54, 1.807) is 0 Å². The second kappa shape index (κ2) is 4.74. The number of aliphatic hydroxyl groups is 1. The summed E-state index contributed by atoms with van der Waals surface area (Å²) in [5, 5.41) is 10.2. The molecule has 2 fully saturated rings. The Kier molecular flexibility index (Phi) is 3.29. The molecule has 1 spiro atoms. The molecule has 1 N–H and O–H groups in total. The molecule has 0 aromatic heterocycles. The SMILES string of the molecule is COC(=O)C1=C(O)C[C@H]2CCCC3(OCCO3)[C@@]2(C)C1. The van der Waals surface area contributed by atoms with Gasteiger partial charge >= 0.3 is 5.97 Å².